The maximum Gasteiger partial charge on any atom is 0.262 e. The van der Waals surface area contributed by atoms with Crippen LogP contribution in [0.5, 0.6) is 0 Å². The molecule has 4 amide bonds. The van der Waals surface area contributed by atoms with Crippen LogP contribution in [-0.4, -0.2) is 46.1 Å². The number of unbranched alkanes of at least 4 members (excludes halogenated alkanes) is 5. The Morgan fingerprint density at radius 2 is 1.73 bits per heavy atom. The molecular formula is C35H36N4O5. The molecule has 2 aliphatic heterocycles. The lowest BCUT2D eigenvalue weighted by Gasteiger charge is -2.27. The quantitative estimate of drug-likeness (QED) is 0.156. The zero-order valence-corrected chi connectivity index (χ0v) is 24.6. The third-order valence-corrected chi connectivity index (χ3v) is 8.52. The molecule has 0 radical (unpaired) electrons. The molecule has 0 saturated carbocycles. The number of hydrogen-bond donors (Lipinski definition) is 2. The highest BCUT2D eigenvalue weighted by molar-refractivity contribution is 6.24. The van der Waals surface area contributed by atoms with E-state index in [2.05, 4.69) is 33.8 Å². The molecular weight excluding hydrogens is 556 g/mol. The Bertz CT molecular complexity index is 1650. The lowest BCUT2D eigenvalue weighted by molar-refractivity contribution is -0.136. The van der Waals surface area contributed by atoms with Gasteiger partial charge in [-0.1, -0.05) is 62.1 Å². The summed E-state index contributed by atoms with van der Waals surface area (Å²) in [5, 5.41) is 6.99. The summed E-state index contributed by atoms with van der Waals surface area (Å²) in [7, 11) is 0. The predicted molar refractivity (Wildman–Crippen MR) is 165 cm³/mol. The molecule has 4 aromatic rings. The van der Waals surface area contributed by atoms with E-state index in [4.69, 9.17) is 4.42 Å². The standard InChI is InChI=1S/C35H36N4O5/c40-30-18-17-27(33(41)38-30)39-34(42)26-15-9-13-23(31(26)35(39)43)11-5-3-1-2-4-8-20-37-32(25-14-10-19-36-22-25)29-21-24-12-6-7-16-28(24)44-29/h6-7,9-10,12-16,19,21-22,27,32,37H,1-5,8,11,17-18,20H2,(H,38,40,41). The van der Waals surface area contributed by atoms with E-state index in [9.17, 15) is 19.2 Å². The minimum Gasteiger partial charge on any atom is -0.459 e. The first-order chi connectivity index (χ1) is 21.5. The van der Waals surface area contributed by atoms with Gasteiger partial charge in [-0.3, -0.25) is 34.4 Å². The average Bonchev–Trinajstić information content (AvgIpc) is 3.57. The van der Waals surface area contributed by atoms with E-state index < -0.39 is 23.8 Å². The molecule has 1 fully saturated rings. The number of nitrogens with zero attached hydrogens (tertiary/aromatic N) is 2. The average molecular weight is 593 g/mol. The molecule has 0 bridgehead atoms. The number of hydrogen-bond acceptors (Lipinski definition) is 7. The highest BCUT2D eigenvalue weighted by atomic mass is 16.3. The van der Waals surface area contributed by atoms with Crippen molar-refractivity contribution >= 4 is 34.6 Å². The van der Waals surface area contributed by atoms with Crippen LogP contribution in [0.15, 0.2) is 77.5 Å². The molecule has 0 aliphatic carbocycles. The number of benzene rings is 2. The number of fused-ring (bicyclic) bond motifs is 2. The number of aryl methyl sites for hydroxylation is 1. The van der Waals surface area contributed by atoms with Gasteiger partial charge in [-0.25, -0.2) is 0 Å². The summed E-state index contributed by atoms with van der Waals surface area (Å²) in [6, 6.07) is 18.5. The van der Waals surface area contributed by atoms with Crippen molar-refractivity contribution < 1.29 is 23.6 Å². The van der Waals surface area contributed by atoms with Crippen LogP contribution in [-0.2, 0) is 16.0 Å². The third-order valence-electron chi connectivity index (χ3n) is 8.52. The number of para-hydroxylation sites is 1. The van der Waals surface area contributed by atoms with Crippen LogP contribution in [0, 0.1) is 0 Å². The Balaban J connectivity index is 0.955. The second kappa shape index (κ2) is 13.3. The predicted octanol–water partition coefficient (Wildman–Crippen LogP) is 5.49. The van der Waals surface area contributed by atoms with Gasteiger partial charge in [0.05, 0.1) is 17.2 Å². The number of aromatic nitrogens is 1. The topological polar surface area (TPSA) is 122 Å². The zero-order valence-electron chi connectivity index (χ0n) is 24.6. The van der Waals surface area contributed by atoms with Crippen LogP contribution < -0.4 is 10.6 Å². The van der Waals surface area contributed by atoms with Crippen LogP contribution in [0.25, 0.3) is 11.0 Å². The second-order valence-corrected chi connectivity index (χ2v) is 11.5. The molecule has 9 heteroatoms. The van der Waals surface area contributed by atoms with Crippen molar-refractivity contribution in [2.45, 2.75) is 69.9 Å². The molecule has 6 rings (SSSR count). The molecule has 226 valence electrons. The molecule has 2 unspecified atom stereocenters. The molecule has 1 saturated heterocycles. The van der Waals surface area contributed by atoms with Gasteiger partial charge in [-0.05, 0) is 67.6 Å². The molecule has 2 aromatic carbocycles. The SMILES string of the molecule is O=C1CCC(N2C(=O)c3cccc(CCCCCCCCNC(c4cccnc4)c4cc5ccccc5o4)c3C2=O)C(=O)N1. The van der Waals surface area contributed by atoms with Crippen LogP contribution in [0.2, 0.25) is 0 Å². The second-order valence-electron chi connectivity index (χ2n) is 11.5. The molecule has 2 aliphatic rings. The summed E-state index contributed by atoms with van der Waals surface area (Å²) in [6.45, 7) is 0.854. The highest BCUT2D eigenvalue weighted by Crippen LogP contribution is 2.31. The normalized spacial score (nSPS) is 17.3. The largest absolute Gasteiger partial charge is 0.459 e. The number of carbonyl (C=O) groups excluding carboxylic acids is 4. The number of amides is 4. The maximum absolute atomic E-state index is 13.3. The minimum atomic E-state index is -0.944. The number of imide groups is 2. The van der Waals surface area contributed by atoms with Gasteiger partial charge in [0.1, 0.15) is 17.4 Å². The molecule has 0 spiro atoms. The summed E-state index contributed by atoms with van der Waals surface area (Å²) in [4.78, 5) is 55.6. The molecule has 4 heterocycles. The molecule has 2 atom stereocenters. The van der Waals surface area contributed by atoms with Gasteiger partial charge < -0.3 is 9.73 Å². The van der Waals surface area contributed by atoms with E-state index in [0.717, 1.165) is 77.8 Å². The number of rotatable bonds is 13. The monoisotopic (exact) mass is 592 g/mol. The number of furan rings is 1. The van der Waals surface area contributed by atoms with Crippen LogP contribution in [0.4, 0.5) is 0 Å². The van der Waals surface area contributed by atoms with Gasteiger partial charge in [-0.2, -0.15) is 0 Å². The smallest absolute Gasteiger partial charge is 0.262 e. The fraction of sp³-hybridized carbons (Fsp3) is 0.343. The van der Waals surface area contributed by atoms with E-state index in [0.29, 0.717) is 17.5 Å². The van der Waals surface area contributed by atoms with E-state index in [1.165, 1.54) is 0 Å². The summed E-state index contributed by atoms with van der Waals surface area (Å²) in [5.74, 6) is -0.978. The van der Waals surface area contributed by atoms with Gasteiger partial charge in [0.2, 0.25) is 11.8 Å². The number of nitrogens with one attached hydrogen (secondary N) is 2. The summed E-state index contributed by atoms with van der Waals surface area (Å²) in [5.41, 5.74) is 3.53. The lowest BCUT2D eigenvalue weighted by Crippen LogP contribution is -2.54. The van der Waals surface area contributed by atoms with Crippen LogP contribution >= 0.6 is 0 Å². The lowest BCUT2D eigenvalue weighted by atomic mass is 9.97. The van der Waals surface area contributed by atoms with E-state index in [1.54, 1.807) is 18.3 Å². The van der Waals surface area contributed by atoms with Gasteiger partial charge >= 0.3 is 0 Å². The summed E-state index contributed by atoms with van der Waals surface area (Å²) in [6.07, 6.45) is 10.9. The summed E-state index contributed by atoms with van der Waals surface area (Å²) >= 11 is 0. The minimum absolute atomic E-state index is 0.0656. The van der Waals surface area contributed by atoms with Crippen LogP contribution in [0.3, 0.4) is 0 Å². The van der Waals surface area contributed by atoms with Gasteiger partial charge in [0.25, 0.3) is 11.8 Å². The van der Waals surface area contributed by atoms with Crippen molar-refractivity contribution in [3.8, 4) is 0 Å². The fourth-order valence-electron chi connectivity index (χ4n) is 6.26. The van der Waals surface area contributed by atoms with Crippen molar-refractivity contribution in [3.63, 3.8) is 0 Å². The third kappa shape index (κ3) is 6.19. The van der Waals surface area contributed by atoms with E-state index in [-0.39, 0.29) is 24.8 Å². The zero-order chi connectivity index (χ0) is 30.5. The van der Waals surface area contributed by atoms with Crippen LogP contribution in [0.1, 0.15) is 95.0 Å². The van der Waals surface area contributed by atoms with E-state index in [1.807, 2.05) is 36.5 Å². The number of carbonyl (C=O) groups is 4. The fourth-order valence-corrected chi connectivity index (χ4v) is 6.26. The maximum atomic E-state index is 13.3. The van der Waals surface area contributed by atoms with Gasteiger partial charge in [-0.15, -0.1) is 0 Å². The Morgan fingerprint density at radius 1 is 0.909 bits per heavy atom. The van der Waals surface area contributed by atoms with E-state index >= 15 is 0 Å². The first kappa shape index (κ1) is 29.4. The number of pyridine rings is 1. The van der Waals surface area contributed by atoms with Crippen molar-refractivity contribution in [3.05, 3.63) is 101 Å². The highest BCUT2D eigenvalue weighted by Gasteiger charge is 2.45. The Kier molecular flexibility index (Phi) is 8.93. The Hall–Kier alpha value is -4.63. The molecule has 44 heavy (non-hydrogen) atoms. The summed E-state index contributed by atoms with van der Waals surface area (Å²) < 4.78 is 6.17. The molecule has 2 aromatic heterocycles. The van der Waals surface area contributed by atoms with Crippen molar-refractivity contribution in [2.75, 3.05) is 6.54 Å². The molecule has 2 N–H and O–H groups in total. The first-order valence-corrected chi connectivity index (χ1v) is 15.5. The van der Waals surface area contributed by atoms with Gasteiger partial charge in [0.15, 0.2) is 0 Å². The van der Waals surface area contributed by atoms with Crippen molar-refractivity contribution in [2.24, 2.45) is 0 Å². The van der Waals surface area contributed by atoms with Crippen molar-refractivity contribution in [1.29, 1.82) is 0 Å². The Morgan fingerprint density at radius 3 is 2.52 bits per heavy atom. The van der Waals surface area contributed by atoms with Gasteiger partial charge in [0, 0.05) is 24.2 Å². The molecule has 9 nitrogen and oxygen atoms in total. The van der Waals surface area contributed by atoms with Crippen molar-refractivity contribution in [1.82, 2.24) is 20.5 Å². The first-order valence-electron chi connectivity index (χ1n) is 15.5. The number of piperidine rings is 1. The Labute approximate surface area is 256 Å².